The molecule has 3 fully saturated rings. The number of unbranched alkanes of at least 4 members (excludes halogenated alkanes) is 51. The molecule has 18 atom stereocenters. The first-order valence-corrected chi connectivity index (χ1v) is 48.9. The minimum absolute atomic E-state index is 0.0186. The standard InChI is InChI=1S/C91H169O25P/c1-5-9-13-17-21-25-29-33-36-40-44-47-51-55-59-63-74(93)107-68-71(110-76(95)65-61-57-53-49-45-41-37-34-30-26-22-18-14-10-6-2)69-109-117(105,106)116-89-87(114-90-84(103)80(99)78(97)72(67-92)111-90)83(102)82(101)86(113-77(96)66-62-58-54-50-46-42-38-35-31-27-23-19-15-11-7-3)88(89)115-91-85(104)81(100)79(98)73(112-91)70-108-75(94)64-60-56-52-48-43-39-32-28-24-20-16-12-8-4/h26,30,71-73,78-92,97-104H,5-25,27-29,31-70H2,1-4H3,(H,105,106)/b30-26-. The summed E-state index contributed by atoms with van der Waals surface area (Å²) >= 11 is 0. The first-order valence-electron chi connectivity index (χ1n) is 47.4. The molecule has 25 nitrogen and oxygen atoms in total. The van der Waals surface area contributed by atoms with Crippen molar-refractivity contribution < 1.29 is 122 Å². The fourth-order valence-corrected chi connectivity index (χ4v) is 16.7. The third-order valence-electron chi connectivity index (χ3n) is 23.3. The number of allylic oxidation sites excluding steroid dienone is 2. The Hall–Kier alpha value is -2.79. The Labute approximate surface area is 705 Å². The van der Waals surface area contributed by atoms with Gasteiger partial charge in [-0.3, -0.25) is 28.2 Å². The molecule has 0 aromatic carbocycles. The van der Waals surface area contributed by atoms with Gasteiger partial charge in [-0.15, -0.1) is 0 Å². The predicted octanol–water partition coefficient (Wildman–Crippen LogP) is 17.6. The normalized spacial score (nSPS) is 25.0. The number of carbonyl (C=O) groups is 4. The van der Waals surface area contributed by atoms with Crippen LogP contribution in [-0.2, 0) is 70.7 Å². The van der Waals surface area contributed by atoms with Crippen molar-refractivity contribution in [2.45, 2.75) is 517 Å². The van der Waals surface area contributed by atoms with Gasteiger partial charge in [0.15, 0.2) is 24.8 Å². The first-order chi connectivity index (χ1) is 56.7. The van der Waals surface area contributed by atoms with Gasteiger partial charge in [-0.25, -0.2) is 4.57 Å². The van der Waals surface area contributed by atoms with Crippen molar-refractivity contribution in [2.75, 3.05) is 26.4 Å². The van der Waals surface area contributed by atoms with Crippen molar-refractivity contribution in [3.8, 4) is 0 Å². The Kier molecular flexibility index (Phi) is 65.3. The highest BCUT2D eigenvalue weighted by Crippen LogP contribution is 2.49. The van der Waals surface area contributed by atoms with Gasteiger partial charge in [0.2, 0.25) is 0 Å². The van der Waals surface area contributed by atoms with Crippen LogP contribution in [0.1, 0.15) is 413 Å². The molecular weight excluding hydrogens is 1520 g/mol. The van der Waals surface area contributed by atoms with E-state index in [4.69, 9.17) is 46.9 Å². The molecule has 0 aromatic heterocycles. The first kappa shape index (κ1) is 108. The second-order valence-electron chi connectivity index (χ2n) is 33.9. The summed E-state index contributed by atoms with van der Waals surface area (Å²) in [5.74, 6) is -2.95. The van der Waals surface area contributed by atoms with Crippen molar-refractivity contribution >= 4 is 31.7 Å². The van der Waals surface area contributed by atoms with Crippen molar-refractivity contribution in [3.05, 3.63) is 12.2 Å². The van der Waals surface area contributed by atoms with Gasteiger partial charge in [-0.2, -0.15) is 0 Å². The third kappa shape index (κ3) is 50.7. The van der Waals surface area contributed by atoms with Crippen molar-refractivity contribution in [1.29, 1.82) is 0 Å². The van der Waals surface area contributed by atoms with Crippen LogP contribution in [0, 0.1) is 0 Å². The molecule has 0 bridgehead atoms. The summed E-state index contributed by atoms with van der Waals surface area (Å²) in [6, 6.07) is 0. The molecule has 0 spiro atoms. The van der Waals surface area contributed by atoms with E-state index < -0.39 is 162 Å². The number of hydrogen-bond acceptors (Lipinski definition) is 24. The van der Waals surface area contributed by atoms with E-state index >= 15 is 0 Å². The molecule has 688 valence electrons. The number of hydrogen-bond donors (Lipinski definition) is 10. The molecule has 0 amide bonds. The van der Waals surface area contributed by atoms with Gasteiger partial charge in [-0.05, 0) is 51.4 Å². The lowest BCUT2D eigenvalue weighted by molar-refractivity contribution is -0.360. The molecule has 10 N–H and O–H groups in total. The largest absolute Gasteiger partial charge is 0.472 e. The third-order valence-corrected chi connectivity index (χ3v) is 24.3. The summed E-state index contributed by atoms with van der Waals surface area (Å²) in [6.45, 7) is 5.61. The number of phosphoric acid groups is 1. The summed E-state index contributed by atoms with van der Waals surface area (Å²) in [5.41, 5.74) is 0. The van der Waals surface area contributed by atoms with Crippen molar-refractivity contribution in [1.82, 2.24) is 0 Å². The highest BCUT2D eigenvalue weighted by Gasteiger charge is 2.60. The molecule has 0 radical (unpaired) electrons. The van der Waals surface area contributed by atoms with E-state index in [-0.39, 0.29) is 25.7 Å². The van der Waals surface area contributed by atoms with E-state index in [1.54, 1.807) is 0 Å². The van der Waals surface area contributed by atoms with Crippen LogP contribution in [0.2, 0.25) is 0 Å². The smallest absolute Gasteiger partial charge is 0.463 e. The van der Waals surface area contributed by atoms with Crippen molar-refractivity contribution in [3.63, 3.8) is 0 Å². The Morgan fingerprint density at radius 3 is 1.03 bits per heavy atom. The molecule has 0 aromatic rings. The molecule has 3 aliphatic rings. The maximum absolute atomic E-state index is 14.9. The van der Waals surface area contributed by atoms with Gasteiger partial charge >= 0.3 is 31.7 Å². The number of rotatable bonds is 77. The lowest BCUT2D eigenvalue weighted by atomic mass is 9.84. The fourth-order valence-electron chi connectivity index (χ4n) is 15.7. The van der Waals surface area contributed by atoms with E-state index in [9.17, 15) is 74.6 Å². The van der Waals surface area contributed by atoms with Crippen LogP contribution in [-0.4, -0.2) is 205 Å². The second-order valence-corrected chi connectivity index (χ2v) is 35.3. The quantitative estimate of drug-likeness (QED) is 0.00889. The van der Waals surface area contributed by atoms with Crippen LogP contribution < -0.4 is 0 Å². The van der Waals surface area contributed by atoms with Crippen LogP contribution in [0.25, 0.3) is 0 Å². The molecular formula is C91H169O25P. The van der Waals surface area contributed by atoms with Gasteiger partial charge < -0.3 is 88.7 Å². The van der Waals surface area contributed by atoms with Crippen LogP contribution in [0.4, 0.5) is 0 Å². The molecule has 117 heavy (non-hydrogen) atoms. The number of esters is 4. The van der Waals surface area contributed by atoms with Crippen LogP contribution in [0.5, 0.6) is 0 Å². The monoisotopic (exact) mass is 1690 g/mol. The van der Waals surface area contributed by atoms with Gasteiger partial charge in [-0.1, -0.05) is 348 Å². The lowest BCUT2D eigenvalue weighted by Gasteiger charge is -2.50. The highest BCUT2D eigenvalue weighted by atomic mass is 31.2. The highest BCUT2D eigenvalue weighted by molar-refractivity contribution is 7.47. The van der Waals surface area contributed by atoms with E-state index in [1.807, 2.05) is 0 Å². The van der Waals surface area contributed by atoms with E-state index in [0.29, 0.717) is 38.5 Å². The second kappa shape index (κ2) is 70.5. The Bertz CT molecular complexity index is 2480. The Morgan fingerprint density at radius 1 is 0.333 bits per heavy atom. The van der Waals surface area contributed by atoms with Crippen molar-refractivity contribution in [2.24, 2.45) is 0 Å². The summed E-state index contributed by atoms with van der Waals surface area (Å²) in [5, 5.41) is 102. The minimum Gasteiger partial charge on any atom is -0.463 e. The molecule has 3 rings (SSSR count). The average Bonchev–Trinajstić information content (AvgIpc) is 0.754. The number of carbonyl (C=O) groups excluding carboxylic acids is 4. The molecule has 26 heteroatoms. The molecule has 2 aliphatic heterocycles. The maximum atomic E-state index is 14.9. The lowest BCUT2D eigenvalue weighted by Crippen LogP contribution is -2.70. The summed E-state index contributed by atoms with van der Waals surface area (Å²) in [4.78, 5) is 66.5. The molecule has 1 aliphatic carbocycles. The molecule has 1 saturated carbocycles. The zero-order chi connectivity index (χ0) is 85.4. The van der Waals surface area contributed by atoms with E-state index in [0.717, 1.165) is 141 Å². The SMILES string of the molecule is CCCCCC/C=C\CCCCCCCCCC(=O)OC(COC(=O)CCCCCCCCCCCCCCCCC)COP(=O)(O)OC1C(OC2OC(CO)C(O)C(O)C2O)C(O)C(O)C(OC(=O)CCCCCCCCCCCCCCCCC)C1OC1OC(COC(=O)CCCCCCCCCCCCCCC)C(O)C(O)C1O. The number of aliphatic hydroxyl groups excluding tert-OH is 9. The Morgan fingerprint density at radius 2 is 0.641 bits per heavy atom. The molecule has 18 unspecified atom stereocenters. The Balaban J connectivity index is 1.92. The predicted molar refractivity (Wildman–Crippen MR) is 453 cm³/mol. The number of phosphoric ester groups is 1. The van der Waals surface area contributed by atoms with Gasteiger partial charge in [0.1, 0.15) is 92.6 Å². The van der Waals surface area contributed by atoms with Crippen LogP contribution in [0.15, 0.2) is 12.2 Å². The molecule has 2 saturated heterocycles. The van der Waals surface area contributed by atoms with E-state index in [2.05, 4.69) is 39.8 Å². The van der Waals surface area contributed by atoms with Gasteiger partial charge in [0.25, 0.3) is 0 Å². The molecule has 2 heterocycles. The summed E-state index contributed by atoms with van der Waals surface area (Å²) in [6.07, 6.45) is 29.1. The zero-order valence-corrected chi connectivity index (χ0v) is 74.2. The van der Waals surface area contributed by atoms with Crippen LogP contribution in [0.3, 0.4) is 0 Å². The van der Waals surface area contributed by atoms with Crippen LogP contribution >= 0.6 is 7.82 Å². The summed E-state index contributed by atoms with van der Waals surface area (Å²) < 4.78 is 73.5. The number of aliphatic hydroxyl groups is 9. The average molecular weight is 1690 g/mol. The maximum Gasteiger partial charge on any atom is 0.472 e. The number of ether oxygens (including phenoxy) is 8. The zero-order valence-electron chi connectivity index (χ0n) is 73.3. The minimum atomic E-state index is -5.80. The van der Waals surface area contributed by atoms with E-state index in [1.165, 1.54) is 180 Å². The fraction of sp³-hybridized carbons (Fsp3) is 0.934. The van der Waals surface area contributed by atoms with Gasteiger partial charge in [0, 0.05) is 25.7 Å². The van der Waals surface area contributed by atoms with Gasteiger partial charge in [0.05, 0.1) is 13.2 Å². The summed E-state index contributed by atoms with van der Waals surface area (Å²) in [7, 11) is -5.80. The topological polar surface area (TPSA) is 380 Å².